The van der Waals surface area contributed by atoms with E-state index in [9.17, 15) is 24.3 Å². The number of phenols is 1. The highest BCUT2D eigenvalue weighted by atomic mass is 16.5. The second-order valence-corrected chi connectivity index (χ2v) is 5.91. The zero-order valence-electron chi connectivity index (χ0n) is 15.7. The molecule has 1 heterocycles. The number of ketones is 1. The van der Waals surface area contributed by atoms with Crippen molar-refractivity contribution in [3.63, 3.8) is 0 Å². The largest absolute Gasteiger partial charge is 0.504 e. The molecular formula is C18H21N3O7. The van der Waals surface area contributed by atoms with Crippen LogP contribution in [-0.4, -0.2) is 39.7 Å². The van der Waals surface area contributed by atoms with Crippen molar-refractivity contribution >= 4 is 17.6 Å². The predicted molar refractivity (Wildman–Crippen MR) is 99.9 cm³/mol. The Labute approximate surface area is 159 Å². The van der Waals surface area contributed by atoms with Crippen molar-refractivity contribution in [3.05, 3.63) is 50.2 Å². The summed E-state index contributed by atoms with van der Waals surface area (Å²) in [7, 11) is 2.55. The number of carbonyl (C=O) groups is 2. The Morgan fingerprint density at radius 3 is 2.54 bits per heavy atom. The van der Waals surface area contributed by atoms with Gasteiger partial charge in [-0.25, -0.2) is 9.59 Å². The summed E-state index contributed by atoms with van der Waals surface area (Å²) in [6.07, 6.45) is 0.556. The third-order valence-corrected chi connectivity index (χ3v) is 4.08. The van der Waals surface area contributed by atoms with E-state index in [0.29, 0.717) is 6.42 Å². The van der Waals surface area contributed by atoms with Gasteiger partial charge in [0.1, 0.15) is 16.9 Å². The normalized spacial score (nSPS) is 10.5. The van der Waals surface area contributed by atoms with Crippen molar-refractivity contribution in [1.29, 1.82) is 0 Å². The number of aromatic nitrogens is 2. The monoisotopic (exact) mass is 391 g/mol. The molecule has 0 fully saturated rings. The Kier molecular flexibility index (Phi) is 6.24. The molecule has 0 radical (unpaired) electrons. The van der Waals surface area contributed by atoms with Crippen LogP contribution in [0.5, 0.6) is 11.5 Å². The molecule has 0 spiro atoms. The minimum atomic E-state index is -0.984. The number of nitrogens with two attached hydrogens (primary N) is 1. The molecule has 0 unspecified atom stereocenters. The highest BCUT2D eigenvalue weighted by Gasteiger charge is 2.23. The van der Waals surface area contributed by atoms with Gasteiger partial charge in [-0.05, 0) is 18.6 Å². The van der Waals surface area contributed by atoms with Crippen LogP contribution in [0.25, 0.3) is 0 Å². The van der Waals surface area contributed by atoms with Gasteiger partial charge in [0.25, 0.3) is 5.56 Å². The summed E-state index contributed by atoms with van der Waals surface area (Å²) in [5, 5.41) is 9.97. The van der Waals surface area contributed by atoms with Crippen molar-refractivity contribution in [2.45, 2.75) is 19.9 Å². The van der Waals surface area contributed by atoms with Gasteiger partial charge in [-0.15, -0.1) is 0 Å². The van der Waals surface area contributed by atoms with Crippen molar-refractivity contribution < 1.29 is 24.2 Å². The maximum absolute atomic E-state index is 12.5. The summed E-state index contributed by atoms with van der Waals surface area (Å²) in [6.45, 7) is 1.23. The quantitative estimate of drug-likeness (QED) is 0.506. The topological polar surface area (TPSA) is 143 Å². The van der Waals surface area contributed by atoms with Crippen LogP contribution in [0.1, 0.15) is 34.1 Å². The van der Waals surface area contributed by atoms with Crippen LogP contribution in [0.2, 0.25) is 0 Å². The fourth-order valence-corrected chi connectivity index (χ4v) is 2.62. The third kappa shape index (κ3) is 3.75. The number of esters is 1. The molecule has 0 bridgehead atoms. The first-order chi connectivity index (χ1) is 13.2. The van der Waals surface area contributed by atoms with Gasteiger partial charge in [-0.1, -0.05) is 13.0 Å². The molecular weight excluding hydrogens is 370 g/mol. The molecule has 0 amide bonds. The molecule has 2 rings (SSSR count). The third-order valence-electron chi connectivity index (χ3n) is 4.08. The Hall–Kier alpha value is -3.56. The number of methoxy groups -OCH3 is 1. The molecule has 1 aromatic carbocycles. The average molecular weight is 391 g/mol. The molecule has 3 N–H and O–H groups in total. The highest BCUT2D eigenvalue weighted by molar-refractivity contribution is 6.02. The number of hydrogen-bond donors (Lipinski definition) is 2. The summed E-state index contributed by atoms with van der Waals surface area (Å²) in [6, 6.07) is 4.20. The summed E-state index contributed by atoms with van der Waals surface area (Å²) < 4.78 is 11.7. The molecule has 150 valence electrons. The lowest BCUT2D eigenvalue weighted by Gasteiger charge is -2.14. The van der Waals surface area contributed by atoms with Crippen LogP contribution in [0.3, 0.4) is 0 Å². The number of hydrogen-bond acceptors (Lipinski definition) is 8. The van der Waals surface area contributed by atoms with E-state index in [-0.39, 0.29) is 23.7 Å². The van der Waals surface area contributed by atoms with Crippen LogP contribution in [-0.2, 0) is 18.3 Å². The number of Topliss-reactive ketones (excluding diaryl/α,β-unsaturated/α-hetero) is 1. The number of nitrogens with zero attached hydrogens (tertiary/aromatic N) is 2. The molecule has 0 atom stereocenters. The molecule has 0 saturated carbocycles. The van der Waals surface area contributed by atoms with Gasteiger partial charge in [-0.3, -0.25) is 18.7 Å². The summed E-state index contributed by atoms with van der Waals surface area (Å²) in [5.41, 5.74) is 3.70. The first-order valence-corrected chi connectivity index (χ1v) is 8.40. The summed E-state index contributed by atoms with van der Waals surface area (Å²) in [5.74, 6) is -2.50. The standard InChI is InChI=1S/C18H21N3O7/c1-4-8-21-15(19)13(16(24)20(2)18(21)26)11(22)9-28-17(25)10-6-5-7-12(27-3)14(10)23/h5-7,23H,4,8-9,19H2,1-3H3. The Morgan fingerprint density at radius 1 is 1.25 bits per heavy atom. The smallest absolute Gasteiger partial charge is 0.342 e. The van der Waals surface area contributed by atoms with Crippen LogP contribution >= 0.6 is 0 Å². The molecule has 0 aliphatic heterocycles. The van der Waals surface area contributed by atoms with Crippen molar-refractivity contribution in [2.24, 2.45) is 7.05 Å². The number of carbonyl (C=O) groups excluding carboxylic acids is 2. The van der Waals surface area contributed by atoms with E-state index in [1.807, 2.05) is 0 Å². The zero-order valence-corrected chi connectivity index (χ0v) is 15.7. The van der Waals surface area contributed by atoms with Crippen molar-refractivity contribution in [1.82, 2.24) is 9.13 Å². The van der Waals surface area contributed by atoms with E-state index < -0.39 is 40.9 Å². The predicted octanol–water partition coefficient (Wildman–Crippen LogP) is 0.293. The number of aromatic hydroxyl groups is 1. The Bertz CT molecular complexity index is 1040. The van der Waals surface area contributed by atoms with Gasteiger partial charge in [0.05, 0.1) is 7.11 Å². The lowest BCUT2D eigenvalue weighted by atomic mass is 10.2. The fraction of sp³-hybridized carbons (Fsp3) is 0.333. The number of para-hydroxylation sites is 1. The van der Waals surface area contributed by atoms with E-state index in [2.05, 4.69) is 0 Å². The van der Waals surface area contributed by atoms with Gasteiger partial charge in [-0.2, -0.15) is 0 Å². The van der Waals surface area contributed by atoms with Crippen LogP contribution in [0, 0.1) is 0 Å². The first kappa shape index (κ1) is 20.7. The van der Waals surface area contributed by atoms with Crippen LogP contribution in [0.15, 0.2) is 27.8 Å². The summed E-state index contributed by atoms with van der Waals surface area (Å²) in [4.78, 5) is 49.1. The molecule has 28 heavy (non-hydrogen) atoms. The van der Waals surface area contributed by atoms with Crippen LogP contribution in [0.4, 0.5) is 5.82 Å². The van der Waals surface area contributed by atoms with Crippen LogP contribution < -0.4 is 21.7 Å². The minimum absolute atomic E-state index is 0.0607. The second kappa shape index (κ2) is 8.42. The van der Waals surface area contributed by atoms with E-state index in [1.165, 1.54) is 32.4 Å². The van der Waals surface area contributed by atoms with Crippen molar-refractivity contribution in [3.8, 4) is 11.5 Å². The fourth-order valence-electron chi connectivity index (χ4n) is 2.62. The summed E-state index contributed by atoms with van der Waals surface area (Å²) >= 11 is 0. The molecule has 0 saturated heterocycles. The second-order valence-electron chi connectivity index (χ2n) is 5.91. The Morgan fingerprint density at radius 2 is 1.93 bits per heavy atom. The van der Waals surface area contributed by atoms with E-state index in [4.69, 9.17) is 15.2 Å². The van der Waals surface area contributed by atoms with Crippen molar-refractivity contribution in [2.75, 3.05) is 19.5 Å². The molecule has 1 aromatic heterocycles. The van der Waals surface area contributed by atoms with E-state index >= 15 is 0 Å². The lowest BCUT2D eigenvalue weighted by Crippen LogP contribution is -2.43. The highest BCUT2D eigenvalue weighted by Crippen LogP contribution is 2.29. The molecule has 0 aliphatic carbocycles. The number of ether oxygens (including phenoxy) is 2. The first-order valence-electron chi connectivity index (χ1n) is 8.40. The number of nitrogen functional groups attached to an aromatic ring is 1. The maximum atomic E-state index is 12.5. The molecule has 2 aromatic rings. The number of rotatable bonds is 7. The maximum Gasteiger partial charge on any atom is 0.342 e. The minimum Gasteiger partial charge on any atom is -0.504 e. The van der Waals surface area contributed by atoms with Gasteiger partial charge >= 0.3 is 11.7 Å². The molecule has 10 heteroatoms. The molecule has 0 aliphatic rings. The molecule has 10 nitrogen and oxygen atoms in total. The average Bonchev–Trinajstić information content (AvgIpc) is 2.68. The van der Waals surface area contributed by atoms with Gasteiger partial charge in [0.15, 0.2) is 18.1 Å². The SMILES string of the molecule is CCCn1c(N)c(C(=O)COC(=O)c2cccc(OC)c2O)c(=O)n(C)c1=O. The zero-order chi connectivity index (χ0) is 21.0. The van der Waals surface area contributed by atoms with Gasteiger partial charge < -0.3 is 20.3 Å². The van der Waals surface area contributed by atoms with E-state index in [1.54, 1.807) is 6.92 Å². The van der Waals surface area contributed by atoms with Gasteiger partial charge in [0, 0.05) is 13.6 Å². The number of benzene rings is 1. The van der Waals surface area contributed by atoms with E-state index in [0.717, 1.165) is 9.13 Å². The number of anilines is 1. The Balaban J connectivity index is 2.30. The lowest BCUT2D eigenvalue weighted by molar-refractivity contribution is 0.0470. The van der Waals surface area contributed by atoms with Gasteiger partial charge in [0.2, 0.25) is 5.78 Å². The number of phenolic OH excluding ortho intramolecular Hbond substituents is 1.